The summed E-state index contributed by atoms with van der Waals surface area (Å²) in [6, 6.07) is 39.9. The topological polar surface area (TPSA) is 36.9 Å². The van der Waals surface area contributed by atoms with Crippen LogP contribution in [0.4, 0.5) is 0 Å². The predicted octanol–water partition coefficient (Wildman–Crippen LogP) is 18.5. The van der Waals surface area contributed by atoms with E-state index in [-0.39, 0.29) is 43.3 Å². The third-order valence-electron chi connectivity index (χ3n) is 15.7. The van der Waals surface area contributed by atoms with Gasteiger partial charge in [-0.15, -0.1) is 0 Å². The molecule has 0 aromatic heterocycles. The smallest absolute Gasteiger partial charge is 0.207 e. The molecule has 0 aliphatic carbocycles. The van der Waals surface area contributed by atoms with Gasteiger partial charge in [-0.05, 0) is 136 Å². The molecule has 2 heterocycles. The van der Waals surface area contributed by atoms with Crippen LogP contribution in [0, 0.1) is 0 Å². The van der Waals surface area contributed by atoms with E-state index in [4.69, 9.17) is 18.5 Å². The summed E-state index contributed by atoms with van der Waals surface area (Å²) in [7, 11) is -1.98. The minimum atomic E-state index is -1.98. The molecular weight excluding hydrogens is 924 g/mol. The Hall–Kier alpha value is -3.63. The summed E-state index contributed by atoms with van der Waals surface area (Å²) in [5.74, 6) is -1.07. The summed E-state index contributed by atoms with van der Waals surface area (Å²) in [5, 5.41) is 0.979. The van der Waals surface area contributed by atoms with Crippen molar-refractivity contribution in [2.45, 2.75) is 253 Å². The molecule has 4 nitrogen and oxygen atoms in total. The first-order chi connectivity index (χ1) is 33.4. The fourth-order valence-corrected chi connectivity index (χ4v) is 12.2. The highest BCUT2D eigenvalue weighted by atomic mass is 31.2. The summed E-state index contributed by atoms with van der Waals surface area (Å²) in [6.45, 7) is 60.0. The van der Waals surface area contributed by atoms with Crippen LogP contribution in [-0.4, -0.2) is 18.0 Å². The van der Waals surface area contributed by atoms with E-state index in [9.17, 15) is 0 Å². The summed E-state index contributed by atoms with van der Waals surface area (Å²) in [4.78, 5) is 0. The van der Waals surface area contributed by atoms with Gasteiger partial charge < -0.3 is 18.5 Å². The van der Waals surface area contributed by atoms with Crippen LogP contribution in [0.2, 0.25) is 0 Å². The molecule has 2 atom stereocenters. The van der Waals surface area contributed by atoms with Gasteiger partial charge in [-0.1, -0.05) is 257 Å². The minimum absolute atomic E-state index is 0.199. The van der Waals surface area contributed by atoms with E-state index < -0.39 is 37.6 Å². The summed E-state index contributed by atoms with van der Waals surface area (Å²) in [6.07, 6.45) is -1.51. The first-order valence-corrected chi connectivity index (χ1v) is 28.8. The van der Waals surface area contributed by atoms with Gasteiger partial charge in [0.05, 0.1) is 0 Å². The molecule has 7 rings (SSSR count). The number of hydrogen-bond donors (Lipinski definition) is 0. The highest BCUT2D eigenvalue weighted by molar-refractivity contribution is 7.56. The van der Waals surface area contributed by atoms with Crippen molar-refractivity contribution in [3.8, 4) is 0 Å². The second-order valence-corrected chi connectivity index (χ2v) is 32.3. The fourth-order valence-electron chi connectivity index (χ4n) is 10.4. The molecule has 74 heavy (non-hydrogen) atoms. The third-order valence-corrected chi connectivity index (χ3v) is 17.3. The van der Waals surface area contributed by atoms with Gasteiger partial charge in [-0.3, -0.25) is 0 Å². The standard InChI is InChI=1S/C69H97O4P/c1-59(2,3)44-32-45(60(4,5)6)37-52(36-44)68(53-38-46(61(7,8)9)33-47(39-53)62(10,11)12)57-58(71-67(25,26)70-57)69(73-74(72-68)56-30-28-27-29-31-56,54-40-48(63(13,14)15)34-49(41-54)64(16,17)18)55-42-50(65(19,20)21)35-51(43-55)66(22,23)24/h27-43,57-58H,1-26H3/t57-,58-/m1/s1. The molecule has 0 saturated carbocycles. The molecule has 0 bridgehead atoms. The Labute approximate surface area is 452 Å². The Morgan fingerprint density at radius 3 is 0.703 bits per heavy atom. The van der Waals surface area contributed by atoms with Crippen LogP contribution in [0.3, 0.4) is 0 Å². The van der Waals surface area contributed by atoms with Crippen LogP contribution in [0.1, 0.15) is 247 Å². The summed E-state index contributed by atoms with van der Waals surface area (Å²) >= 11 is 0. The monoisotopic (exact) mass is 1020 g/mol. The summed E-state index contributed by atoms with van der Waals surface area (Å²) in [5.41, 5.74) is 9.87. The average Bonchev–Trinajstić information content (AvgIpc) is 3.53. The lowest BCUT2D eigenvalue weighted by molar-refractivity contribution is -0.173. The molecule has 2 fully saturated rings. The van der Waals surface area contributed by atoms with E-state index in [2.05, 4.69) is 283 Å². The summed E-state index contributed by atoms with van der Waals surface area (Å²) < 4.78 is 33.0. The molecule has 0 unspecified atom stereocenters. The van der Waals surface area contributed by atoms with E-state index >= 15 is 0 Å². The van der Waals surface area contributed by atoms with Crippen LogP contribution < -0.4 is 5.30 Å². The third kappa shape index (κ3) is 11.5. The van der Waals surface area contributed by atoms with Gasteiger partial charge in [0, 0.05) is 5.30 Å². The van der Waals surface area contributed by atoms with Crippen molar-refractivity contribution in [3.05, 3.63) is 170 Å². The van der Waals surface area contributed by atoms with Crippen molar-refractivity contribution in [3.63, 3.8) is 0 Å². The maximum absolute atomic E-state index is 8.56. The highest BCUT2D eigenvalue weighted by Crippen LogP contribution is 2.65. The Morgan fingerprint density at radius 2 is 0.514 bits per heavy atom. The van der Waals surface area contributed by atoms with E-state index in [0.29, 0.717) is 0 Å². The Balaban J connectivity index is 1.84. The Kier molecular flexibility index (Phi) is 14.7. The number of rotatable bonds is 5. The molecule has 0 N–H and O–H groups in total. The molecule has 2 aliphatic heterocycles. The van der Waals surface area contributed by atoms with Crippen molar-refractivity contribution < 1.29 is 18.5 Å². The van der Waals surface area contributed by atoms with Gasteiger partial charge in [0.25, 0.3) is 0 Å². The Bertz CT molecular complexity index is 2390. The molecule has 0 spiro atoms. The quantitative estimate of drug-likeness (QED) is 0.164. The van der Waals surface area contributed by atoms with Crippen molar-refractivity contribution in [2.24, 2.45) is 0 Å². The van der Waals surface area contributed by atoms with Gasteiger partial charge in [-0.2, -0.15) is 0 Å². The fraction of sp³-hybridized carbons (Fsp3) is 0.565. The second-order valence-electron chi connectivity index (χ2n) is 30.9. The van der Waals surface area contributed by atoms with E-state index in [1.165, 1.54) is 44.5 Å². The maximum Gasteiger partial charge on any atom is 0.207 e. The normalized spacial score (nSPS) is 20.1. The average molecular weight is 1020 g/mol. The van der Waals surface area contributed by atoms with Crippen LogP contribution in [0.25, 0.3) is 0 Å². The van der Waals surface area contributed by atoms with Gasteiger partial charge in [0.1, 0.15) is 12.2 Å². The van der Waals surface area contributed by atoms with E-state index in [1.807, 2.05) is 0 Å². The van der Waals surface area contributed by atoms with Gasteiger partial charge in [0.15, 0.2) is 17.0 Å². The molecule has 5 heteroatoms. The predicted molar refractivity (Wildman–Crippen MR) is 316 cm³/mol. The van der Waals surface area contributed by atoms with Crippen LogP contribution in [0.15, 0.2) is 103 Å². The largest absolute Gasteiger partial charge is 0.341 e. The molecule has 2 aliphatic rings. The van der Waals surface area contributed by atoms with Crippen molar-refractivity contribution in [2.75, 3.05) is 0 Å². The molecule has 0 radical (unpaired) electrons. The minimum Gasteiger partial charge on any atom is -0.341 e. The zero-order valence-corrected chi connectivity index (χ0v) is 51.9. The zero-order chi connectivity index (χ0) is 55.6. The van der Waals surface area contributed by atoms with Crippen molar-refractivity contribution in [1.29, 1.82) is 0 Å². The van der Waals surface area contributed by atoms with E-state index in [0.717, 1.165) is 27.6 Å². The highest BCUT2D eigenvalue weighted by Gasteiger charge is 2.68. The number of hydrogen-bond acceptors (Lipinski definition) is 4. The molecule has 402 valence electrons. The number of benzene rings is 5. The molecule has 5 aromatic rings. The van der Waals surface area contributed by atoms with Gasteiger partial charge in [-0.25, -0.2) is 0 Å². The van der Waals surface area contributed by atoms with Crippen LogP contribution >= 0.6 is 8.38 Å². The molecular formula is C69H97O4P. The first-order valence-electron chi connectivity index (χ1n) is 27.6. The van der Waals surface area contributed by atoms with Crippen molar-refractivity contribution in [1.82, 2.24) is 0 Å². The first kappa shape index (κ1) is 58.1. The maximum atomic E-state index is 8.56. The van der Waals surface area contributed by atoms with Crippen molar-refractivity contribution >= 4 is 13.7 Å². The van der Waals surface area contributed by atoms with Crippen LogP contribution in [0.5, 0.6) is 0 Å². The second kappa shape index (κ2) is 18.8. The lowest BCUT2D eigenvalue weighted by atomic mass is 9.67. The molecule has 2 saturated heterocycles. The SMILES string of the molecule is CC1(C)O[C@@H]2[C@@H](O1)C(c1cc(C(C)(C)C)cc(C(C)(C)C)c1)(c1cc(C(C)(C)C)cc(C(C)(C)C)c1)OP(c1ccccc1)OC2(c1cc(C(C)(C)C)cc(C(C)(C)C)c1)c1cc(C(C)(C)C)cc(C(C)(C)C)c1. The molecule has 5 aromatic carbocycles. The van der Waals surface area contributed by atoms with E-state index in [1.54, 1.807) is 0 Å². The molecule has 0 amide bonds. The Morgan fingerprint density at radius 1 is 0.311 bits per heavy atom. The number of fused-ring (bicyclic) bond motifs is 1. The lowest BCUT2D eigenvalue weighted by Gasteiger charge is -2.44. The number of ether oxygens (including phenoxy) is 2. The van der Waals surface area contributed by atoms with Gasteiger partial charge in [0.2, 0.25) is 8.38 Å². The lowest BCUT2D eigenvalue weighted by Crippen LogP contribution is -2.54. The zero-order valence-electron chi connectivity index (χ0n) is 51.0. The van der Waals surface area contributed by atoms with Gasteiger partial charge >= 0.3 is 0 Å². The van der Waals surface area contributed by atoms with Crippen LogP contribution in [-0.2, 0) is 73.0 Å².